The molecule has 0 aliphatic rings. The topological polar surface area (TPSA) is 35.2 Å². The first kappa shape index (κ1) is 16.0. The van der Waals surface area contributed by atoms with E-state index in [1.165, 1.54) is 31.7 Å². The van der Waals surface area contributed by atoms with Gasteiger partial charge in [-0.15, -0.1) is 0 Å². The molecule has 3 heteroatoms. The zero-order chi connectivity index (χ0) is 14.1. The van der Waals surface area contributed by atoms with Crippen LogP contribution in [0.5, 0.6) is 5.75 Å². The summed E-state index contributed by atoms with van der Waals surface area (Å²) in [5.74, 6) is 0.00633. The molecule has 2 nitrogen and oxygen atoms in total. The van der Waals surface area contributed by atoms with E-state index in [0.29, 0.717) is 12.4 Å². The second kappa shape index (κ2) is 8.92. The molecular weight excluding hydrogens is 241 g/mol. The average Bonchev–Trinajstić information content (AvgIpc) is 2.39. The number of hydrogen-bond acceptors (Lipinski definition) is 2. The summed E-state index contributed by atoms with van der Waals surface area (Å²) in [6.07, 6.45) is 7.17. The number of benzene rings is 1. The van der Waals surface area contributed by atoms with E-state index < -0.39 is 0 Å². The van der Waals surface area contributed by atoms with Gasteiger partial charge in [0.2, 0.25) is 0 Å². The predicted molar refractivity (Wildman–Crippen MR) is 77.9 cm³/mol. The number of rotatable bonds is 9. The smallest absolute Gasteiger partial charge is 0.165 e. The molecule has 0 spiro atoms. The Morgan fingerprint density at radius 3 is 2.53 bits per heavy atom. The summed E-state index contributed by atoms with van der Waals surface area (Å²) < 4.78 is 19.3. The van der Waals surface area contributed by atoms with Crippen LogP contribution in [0.4, 0.5) is 4.39 Å². The highest BCUT2D eigenvalue weighted by Crippen LogP contribution is 2.27. The predicted octanol–water partition coefficient (Wildman–Crippen LogP) is 4.58. The molecular formula is C16H26FNO. The Morgan fingerprint density at radius 2 is 1.84 bits per heavy atom. The second-order valence-corrected chi connectivity index (χ2v) is 5.06. The zero-order valence-corrected chi connectivity index (χ0v) is 12.1. The van der Waals surface area contributed by atoms with Crippen molar-refractivity contribution in [3.63, 3.8) is 0 Å². The average molecular weight is 267 g/mol. The number of ether oxygens (including phenoxy) is 1. The van der Waals surface area contributed by atoms with Gasteiger partial charge in [-0.25, -0.2) is 4.39 Å². The molecule has 108 valence electrons. The lowest BCUT2D eigenvalue weighted by Crippen LogP contribution is -2.10. The van der Waals surface area contributed by atoms with Crippen LogP contribution < -0.4 is 10.5 Å². The van der Waals surface area contributed by atoms with Gasteiger partial charge in [-0.3, -0.25) is 0 Å². The van der Waals surface area contributed by atoms with Crippen LogP contribution in [0.3, 0.4) is 0 Å². The fraction of sp³-hybridized carbons (Fsp3) is 0.625. The molecule has 1 aromatic carbocycles. The van der Waals surface area contributed by atoms with Crippen molar-refractivity contribution in [3.05, 3.63) is 29.6 Å². The lowest BCUT2D eigenvalue weighted by Gasteiger charge is -2.14. The van der Waals surface area contributed by atoms with Crippen molar-refractivity contribution in [3.8, 4) is 5.75 Å². The fourth-order valence-electron chi connectivity index (χ4n) is 2.09. The van der Waals surface area contributed by atoms with Crippen LogP contribution in [0, 0.1) is 5.82 Å². The zero-order valence-electron chi connectivity index (χ0n) is 12.1. The first-order chi connectivity index (χ1) is 9.16. The van der Waals surface area contributed by atoms with Crippen LogP contribution >= 0.6 is 0 Å². The Morgan fingerprint density at radius 1 is 1.16 bits per heavy atom. The maximum atomic E-state index is 13.7. The van der Waals surface area contributed by atoms with Crippen LogP contribution in [0.1, 0.15) is 64.0 Å². The maximum Gasteiger partial charge on any atom is 0.165 e. The number of para-hydroxylation sites is 1. The maximum absolute atomic E-state index is 13.7. The van der Waals surface area contributed by atoms with E-state index in [9.17, 15) is 4.39 Å². The summed E-state index contributed by atoms with van der Waals surface area (Å²) in [6.45, 7) is 4.61. The Kier molecular flexibility index (Phi) is 7.49. The lowest BCUT2D eigenvalue weighted by molar-refractivity contribution is 0.285. The minimum absolute atomic E-state index is 0.213. The molecule has 1 aromatic rings. The Labute approximate surface area is 116 Å². The molecule has 19 heavy (non-hydrogen) atoms. The highest BCUT2D eigenvalue weighted by molar-refractivity contribution is 5.36. The summed E-state index contributed by atoms with van der Waals surface area (Å²) in [5.41, 5.74) is 6.56. The molecule has 1 unspecified atom stereocenters. The van der Waals surface area contributed by atoms with Crippen LogP contribution in [0.2, 0.25) is 0 Å². The fourth-order valence-corrected chi connectivity index (χ4v) is 2.09. The summed E-state index contributed by atoms with van der Waals surface area (Å²) in [5, 5.41) is 0. The van der Waals surface area contributed by atoms with Crippen molar-refractivity contribution in [2.45, 2.75) is 58.4 Å². The normalized spacial score (nSPS) is 12.4. The first-order valence-corrected chi connectivity index (χ1v) is 7.33. The molecule has 0 heterocycles. The summed E-state index contributed by atoms with van der Waals surface area (Å²) in [4.78, 5) is 0. The standard InChI is InChI=1S/C16H26FNO/c1-3-4-5-6-7-8-12-19-16-14(13(2)18)10-9-11-15(16)17/h9-11,13H,3-8,12,18H2,1-2H3. The van der Waals surface area contributed by atoms with Gasteiger partial charge in [-0.05, 0) is 19.4 Å². The van der Waals surface area contributed by atoms with Crippen molar-refractivity contribution >= 4 is 0 Å². The van der Waals surface area contributed by atoms with Crippen LogP contribution in [-0.4, -0.2) is 6.61 Å². The number of unbranched alkanes of at least 4 members (excludes halogenated alkanes) is 5. The van der Waals surface area contributed by atoms with Gasteiger partial charge in [-0.2, -0.15) is 0 Å². The summed E-state index contributed by atoms with van der Waals surface area (Å²) in [7, 11) is 0. The van der Waals surface area contributed by atoms with Crippen molar-refractivity contribution < 1.29 is 9.13 Å². The van der Waals surface area contributed by atoms with Crippen LogP contribution in [-0.2, 0) is 0 Å². The molecule has 0 aliphatic heterocycles. The van der Waals surface area contributed by atoms with Gasteiger partial charge in [0.05, 0.1) is 6.61 Å². The van der Waals surface area contributed by atoms with E-state index in [1.807, 2.05) is 13.0 Å². The molecule has 2 N–H and O–H groups in total. The third-order valence-corrected chi connectivity index (χ3v) is 3.23. The van der Waals surface area contributed by atoms with E-state index in [4.69, 9.17) is 10.5 Å². The first-order valence-electron chi connectivity index (χ1n) is 7.33. The number of hydrogen-bond donors (Lipinski definition) is 1. The Balaban J connectivity index is 2.36. The highest BCUT2D eigenvalue weighted by Gasteiger charge is 2.12. The minimum Gasteiger partial charge on any atom is -0.490 e. The molecule has 0 bridgehead atoms. The SMILES string of the molecule is CCCCCCCCOc1c(F)cccc1C(C)N. The number of nitrogens with two attached hydrogens (primary N) is 1. The third-order valence-electron chi connectivity index (χ3n) is 3.23. The third kappa shape index (κ3) is 5.60. The van der Waals surface area contributed by atoms with Crippen molar-refractivity contribution in [1.29, 1.82) is 0 Å². The summed E-state index contributed by atoms with van der Waals surface area (Å²) in [6, 6.07) is 4.70. The van der Waals surface area contributed by atoms with Gasteiger partial charge in [0.15, 0.2) is 11.6 Å². The van der Waals surface area contributed by atoms with Gasteiger partial charge in [0.25, 0.3) is 0 Å². The molecule has 0 saturated heterocycles. The quantitative estimate of drug-likeness (QED) is 0.664. The van der Waals surface area contributed by atoms with E-state index in [2.05, 4.69) is 6.92 Å². The van der Waals surface area contributed by atoms with Crippen LogP contribution in [0.25, 0.3) is 0 Å². The van der Waals surface area contributed by atoms with E-state index in [-0.39, 0.29) is 11.9 Å². The minimum atomic E-state index is -0.319. The molecule has 0 aliphatic carbocycles. The monoisotopic (exact) mass is 267 g/mol. The molecule has 0 saturated carbocycles. The summed E-state index contributed by atoms with van der Waals surface area (Å²) >= 11 is 0. The largest absolute Gasteiger partial charge is 0.490 e. The molecule has 0 aromatic heterocycles. The van der Waals surface area contributed by atoms with Crippen LogP contribution in [0.15, 0.2) is 18.2 Å². The van der Waals surface area contributed by atoms with Crippen molar-refractivity contribution in [1.82, 2.24) is 0 Å². The van der Waals surface area contributed by atoms with Gasteiger partial charge < -0.3 is 10.5 Å². The van der Waals surface area contributed by atoms with E-state index in [0.717, 1.165) is 18.4 Å². The molecule has 1 rings (SSSR count). The Hall–Kier alpha value is -1.09. The highest BCUT2D eigenvalue weighted by atomic mass is 19.1. The van der Waals surface area contributed by atoms with E-state index >= 15 is 0 Å². The van der Waals surface area contributed by atoms with E-state index in [1.54, 1.807) is 6.07 Å². The Bertz CT molecular complexity index is 366. The molecule has 0 fully saturated rings. The lowest BCUT2D eigenvalue weighted by atomic mass is 10.1. The van der Waals surface area contributed by atoms with Gasteiger partial charge >= 0.3 is 0 Å². The van der Waals surface area contributed by atoms with Gasteiger partial charge in [0, 0.05) is 11.6 Å². The number of halogens is 1. The van der Waals surface area contributed by atoms with Gasteiger partial charge in [-0.1, -0.05) is 51.2 Å². The van der Waals surface area contributed by atoms with Crippen molar-refractivity contribution in [2.24, 2.45) is 5.73 Å². The molecule has 0 amide bonds. The van der Waals surface area contributed by atoms with Gasteiger partial charge in [0.1, 0.15) is 0 Å². The van der Waals surface area contributed by atoms with Crippen molar-refractivity contribution in [2.75, 3.05) is 6.61 Å². The second-order valence-electron chi connectivity index (χ2n) is 5.06. The molecule has 1 atom stereocenters. The molecule has 0 radical (unpaired) electrons.